The first-order valence-electron chi connectivity index (χ1n) is 6.25. The van der Waals surface area contributed by atoms with Crippen molar-refractivity contribution >= 4 is 17.7 Å². The fourth-order valence-corrected chi connectivity index (χ4v) is 2.99. The monoisotopic (exact) mass is 291 g/mol. The van der Waals surface area contributed by atoms with Crippen molar-refractivity contribution in [1.82, 2.24) is 14.8 Å². The quantitative estimate of drug-likeness (QED) is 0.900. The molecule has 0 bridgehead atoms. The zero-order chi connectivity index (χ0) is 14.3. The van der Waals surface area contributed by atoms with E-state index in [2.05, 4.69) is 10.2 Å². The van der Waals surface area contributed by atoms with Gasteiger partial charge in [-0.05, 0) is 55.3 Å². The minimum Gasteiger partial charge on any atom is -0.478 e. The first-order chi connectivity index (χ1) is 9.56. The van der Waals surface area contributed by atoms with Gasteiger partial charge in [0.05, 0.1) is 5.56 Å². The Morgan fingerprint density at radius 3 is 2.85 bits per heavy atom. The van der Waals surface area contributed by atoms with E-state index in [9.17, 15) is 9.59 Å². The molecule has 0 saturated heterocycles. The molecule has 1 aliphatic rings. The third kappa shape index (κ3) is 2.36. The van der Waals surface area contributed by atoms with Gasteiger partial charge in [0.2, 0.25) is 0 Å². The minimum atomic E-state index is -0.945. The average Bonchev–Trinajstić information content (AvgIpc) is 3.17. The number of aryl methyl sites for hydroxylation is 1. The van der Waals surface area contributed by atoms with Gasteiger partial charge in [0.15, 0.2) is 5.16 Å². The number of nitrogens with one attached hydrogen (secondary N) is 1. The molecule has 1 aromatic carbocycles. The Morgan fingerprint density at radius 2 is 2.25 bits per heavy atom. The van der Waals surface area contributed by atoms with Crippen LogP contribution in [0.25, 0.3) is 0 Å². The fourth-order valence-electron chi connectivity index (χ4n) is 2.01. The molecule has 6 nitrogen and oxygen atoms in total. The molecule has 0 radical (unpaired) electrons. The Kier molecular flexibility index (Phi) is 3.13. The topological polar surface area (TPSA) is 88.0 Å². The van der Waals surface area contributed by atoms with Crippen molar-refractivity contribution in [3.8, 4) is 0 Å². The molecule has 0 aliphatic heterocycles. The summed E-state index contributed by atoms with van der Waals surface area (Å²) in [5.74, 6) is -0.945. The summed E-state index contributed by atoms with van der Waals surface area (Å²) in [5.41, 5.74) is 0.927. The number of benzene rings is 1. The molecular formula is C13H13N3O3S. The summed E-state index contributed by atoms with van der Waals surface area (Å²) in [6.45, 7) is 1.85. The molecule has 1 fully saturated rings. The van der Waals surface area contributed by atoms with Crippen LogP contribution >= 0.6 is 11.8 Å². The number of carboxylic acids is 1. The maximum absolute atomic E-state index is 11.7. The second-order valence-electron chi connectivity index (χ2n) is 4.80. The molecule has 0 unspecified atom stereocenters. The van der Waals surface area contributed by atoms with Crippen LogP contribution in [0.1, 0.15) is 34.8 Å². The van der Waals surface area contributed by atoms with Crippen LogP contribution < -0.4 is 5.69 Å². The number of H-pyrrole nitrogens is 1. The predicted octanol–water partition coefficient (Wildman–Crippen LogP) is 2.06. The summed E-state index contributed by atoms with van der Waals surface area (Å²) in [6.07, 6.45) is 2.01. The predicted molar refractivity (Wildman–Crippen MR) is 73.4 cm³/mol. The summed E-state index contributed by atoms with van der Waals surface area (Å²) in [4.78, 5) is 23.5. The van der Waals surface area contributed by atoms with Crippen molar-refractivity contribution in [2.45, 2.75) is 35.9 Å². The van der Waals surface area contributed by atoms with E-state index in [1.54, 1.807) is 22.8 Å². The Balaban J connectivity index is 1.92. The zero-order valence-corrected chi connectivity index (χ0v) is 11.6. The summed E-state index contributed by atoms with van der Waals surface area (Å²) < 4.78 is 1.68. The molecule has 2 N–H and O–H groups in total. The highest BCUT2D eigenvalue weighted by molar-refractivity contribution is 7.99. The fraction of sp³-hybridized carbons (Fsp3) is 0.308. The van der Waals surface area contributed by atoms with Crippen LogP contribution in [-0.4, -0.2) is 25.8 Å². The third-order valence-electron chi connectivity index (χ3n) is 3.21. The Hall–Kier alpha value is -2.02. The number of rotatable bonds is 4. The van der Waals surface area contributed by atoms with Gasteiger partial charge >= 0.3 is 11.7 Å². The highest BCUT2D eigenvalue weighted by atomic mass is 32.2. The van der Waals surface area contributed by atoms with Crippen LogP contribution in [0, 0.1) is 6.92 Å². The summed E-state index contributed by atoms with van der Waals surface area (Å²) in [5, 5.41) is 16.1. The van der Waals surface area contributed by atoms with E-state index >= 15 is 0 Å². The largest absolute Gasteiger partial charge is 0.478 e. The van der Waals surface area contributed by atoms with Crippen LogP contribution in [0.4, 0.5) is 0 Å². The van der Waals surface area contributed by atoms with E-state index in [1.807, 2.05) is 6.92 Å². The van der Waals surface area contributed by atoms with Crippen molar-refractivity contribution in [2.75, 3.05) is 0 Å². The number of carboxylic acid groups (broad SMARTS) is 1. The van der Waals surface area contributed by atoms with Gasteiger partial charge in [0, 0.05) is 10.9 Å². The van der Waals surface area contributed by atoms with E-state index in [0.29, 0.717) is 5.16 Å². The van der Waals surface area contributed by atoms with Crippen LogP contribution in [0.3, 0.4) is 0 Å². The summed E-state index contributed by atoms with van der Waals surface area (Å²) >= 11 is 1.38. The van der Waals surface area contributed by atoms with E-state index in [-0.39, 0.29) is 17.3 Å². The number of aromatic amines is 1. The Labute approximate surface area is 118 Å². The molecule has 1 saturated carbocycles. The number of aromatic nitrogens is 3. The molecule has 3 rings (SSSR count). The lowest BCUT2D eigenvalue weighted by Gasteiger charge is -2.07. The van der Waals surface area contributed by atoms with Gasteiger partial charge < -0.3 is 5.11 Å². The van der Waals surface area contributed by atoms with E-state index in [0.717, 1.165) is 23.3 Å². The van der Waals surface area contributed by atoms with Crippen LogP contribution in [0.2, 0.25) is 0 Å². The van der Waals surface area contributed by atoms with Crippen molar-refractivity contribution in [1.29, 1.82) is 0 Å². The molecule has 1 aromatic heterocycles. The van der Waals surface area contributed by atoms with Crippen molar-refractivity contribution < 1.29 is 9.90 Å². The number of aromatic carboxylic acids is 1. The maximum Gasteiger partial charge on any atom is 0.344 e. The van der Waals surface area contributed by atoms with Gasteiger partial charge in [-0.15, -0.1) is 5.10 Å². The van der Waals surface area contributed by atoms with E-state index in [1.165, 1.54) is 11.8 Å². The molecule has 1 heterocycles. The van der Waals surface area contributed by atoms with Gasteiger partial charge in [-0.3, -0.25) is 4.57 Å². The lowest BCUT2D eigenvalue weighted by Crippen LogP contribution is -2.16. The lowest BCUT2D eigenvalue weighted by molar-refractivity contribution is 0.0696. The van der Waals surface area contributed by atoms with Crippen molar-refractivity contribution in [3.63, 3.8) is 0 Å². The molecule has 0 spiro atoms. The SMILES string of the molecule is Cc1cc(C(=O)O)ccc1Sc1n[nH]c(=O)n1C1CC1. The minimum absolute atomic E-state index is 0.185. The average molecular weight is 291 g/mol. The molecule has 104 valence electrons. The normalized spacial score (nSPS) is 14.4. The van der Waals surface area contributed by atoms with Gasteiger partial charge in [0.25, 0.3) is 0 Å². The number of hydrogen-bond acceptors (Lipinski definition) is 4. The smallest absolute Gasteiger partial charge is 0.344 e. The second-order valence-corrected chi connectivity index (χ2v) is 5.81. The Morgan fingerprint density at radius 1 is 1.50 bits per heavy atom. The highest BCUT2D eigenvalue weighted by Gasteiger charge is 2.28. The van der Waals surface area contributed by atoms with Crippen LogP contribution in [0.15, 0.2) is 33.0 Å². The lowest BCUT2D eigenvalue weighted by atomic mass is 10.1. The van der Waals surface area contributed by atoms with Gasteiger partial charge in [0.1, 0.15) is 0 Å². The molecule has 0 atom stereocenters. The first kappa shape index (κ1) is 13.0. The molecule has 1 aliphatic carbocycles. The molecule has 7 heteroatoms. The first-order valence-corrected chi connectivity index (χ1v) is 7.06. The number of carbonyl (C=O) groups is 1. The van der Waals surface area contributed by atoms with Gasteiger partial charge in [-0.25, -0.2) is 14.7 Å². The molecule has 20 heavy (non-hydrogen) atoms. The number of hydrogen-bond donors (Lipinski definition) is 2. The standard InChI is InChI=1S/C13H13N3O3S/c1-7-6-8(11(17)18)2-5-10(7)20-13-15-14-12(19)16(13)9-3-4-9/h2,5-6,9H,3-4H2,1H3,(H,14,19)(H,17,18). The van der Waals surface area contributed by atoms with Crippen LogP contribution in [-0.2, 0) is 0 Å². The summed E-state index contributed by atoms with van der Waals surface area (Å²) in [7, 11) is 0. The highest BCUT2D eigenvalue weighted by Crippen LogP contribution is 2.38. The van der Waals surface area contributed by atoms with Gasteiger partial charge in [-0.2, -0.15) is 0 Å². The van der Waals surface area contributed by atoms with Crippen molar-refractivity contribution in [2.24, 2.45) is 0 Å². The van der Waals surface area contributed by atoms with E-state index < -0.39 is 5.97 Å². The maximum atomic E-state index is 11.7. The third-order valence-corrected chi connectivity index (χ3v) is 4.36. The zero-order valence-electron chi connectivity index (χ0n) is 10.8. The second kappa shape index (κ2) is 4.82. The van der Waals surface area contributed by atoms with Crippen LogP contribution in [0.5, 0.6) is 0 Å². The molecular weight excluding hydrogens is 278 g/mol. The van der Waals surface area contributed by atoms with E-state index in [4.69, 9.17) is 5.11 Å². The molecule has 0 amide bonds. The van der Waals surface area contributed by atoms with Gasteiger partial charge in [-0.1, -0.05) is 0 Å². The number of nitrogens with zero attached hydrogens (tertiary/aromatic N) is 2. The van der Waals surface area contributed by atoms with Crippen molar-refractivity contribution in [3.05, 3.63) is 39.8 Å². The summed E-state index contributed by atoms with van der Waals surface area (Å²) in [6, 6.07) is 5.18. The Bertz CT molecular complexity index is 731. The molecule has 2 aromatic rings.